The summed E-state index contributed by atoms with van der Waals surface area (Å²) in [5, 5.41) is 5.02. The zero-order valence-electron chi connectivity index (χ0n) is 34.1. The van der Waals surface area contributed by atoms with E-state index in [-0.39, 0.29) is 0 Å². The molecule has 0 N–H and O–H groups in total. The van der Waals surface area contributed by atoms with Crippen LogP contribution in [0.3, 0.4) is 0 Å². The SMILES string of the molecule is c1ccc(-c2nc3ccccc3n2-c2ccc(-c3cc4ccc5cc(-c6ccc(-n7c(-c8ccccc8)nc8ccccc87)cc6)cc6c5c4c(c3)n6-c3ccccc3)cc2)cc1. The number of aromatic nitrogens is 5. The van der Waals surface area contributed by atoms with Crippen molar-refractivity contribution in [2.24, 2.45) is 0 Å². The Balaban J connectivity index is 0.937. The first kappa shape index (κ1) is 35.2. The number of benzene rings is 10. The summed E-state index contributed by atoms with van der Waals surface area (Å²) in [6.45, 7) is 0. The van der Waals surface area contributed by atoms with Crippen molar-refractivity contribution in [3.8, 4) is 62.1 Å². The number of rotatable bonds is 7. The Morgan fingerprint density at radius 1 is 0.254 bits per heavy atom. The van der Waals surface area contributed by atoms with E-state index in [0.717, 1.165) is 73.0 Å². The molecule has 0 spiro atoms. The van der Waals surface area contributed by atoms with E-state index in [2.05, 4.69) is 226 Å². The number of nitrogens with zero attached hydrogens (tertiary/aromatic N) is 5. The number of fused-ring (bicyclic) bond motifs is 2. The molecule has 0 amide bonds. The second kappa shape index (κ2) is 14.0. The minimum absolute atomic E-state index is 0.933. The fourth-order valence-corrected chi connectivity index (χ4v) is 9.70. The van der Waals surface area contributed by atoms with E-state index in [4.69, 9.17) is 9.97 Å². The van der Waals surface area contributed by atoms with Gasteiger partial charge in [-0.1, -0.05) is 140 Å². The fourth-order valence-electron chi connectivity index (χ4n) is 9.70. The molecule has 0 unspecified atom stereocenters. The lowest BCUT2D eigenvalue weighted by molar-refractivity contribution is 1.10. The van der Waals surface area contributed by atoms with Crippen molar-refractivity contribution < 1.29 is 0 Å². The second-order valence-electron chi connectivity index (χ2n) is 16.3. The zero-order chi connectivity index (χ0) is 41.4. The molecule has 3 heterocycles. The molecular weight excluding hydrogens is 767 g/mol. The monoisotopic (exact) mass is 803 g/mol. The normalized spacial score (nSPS) is 11.8. The minimum atomic E-state index is 0.933. The lowest BCUT2D eigenvalue weighted by Crippen LogP contribution is -1.97. The van der Waals surface area contributed by atoms with Crippen molar-refractivity contribution in [1.29, 1.82) is 0 Å². The van der Waals surface area contributed by atoms with Gasteiger partial charge in [-0.2, -0.15) is 0 Å². The summed E-state index contributed by atoms with van der Waals surface area (Å²) in [5.74, 6) is 1.87. The molecular formula is C58H37N5. The number of imidazole rings is 2. The predicted octanol–water partition coefficient (Wildman–Crippen LogP) is 14.7. The molecule has 0 bridgehead atoms. The van der Waals surface area contributed by atoms with Gasteiger partial charge in [0, 0.05) is 39.0 Å². The molecule has 0 saturated carbocycles. The van der Waals surface area contributed by atoms with Crippen LogP contribution in [0.2, 0.25) is 0 Å². The van der Waals surface area contributed by atoms with Crippen LogP contribution in [0.4, 0.5) is 0 Å². The zero-order valence-corrected chi connectivity index (χ0v) is 34.1. The Hall–Kier alpha value is -8.54. The van der Waals surface area contributed by atoms with Gasteiger partial charge >= 0.3 is 0 Å². The van der Waals surface area contributed by atoms with Crippen LogP contribution in [0.5, 0.6) is 0 Å². The van der Waals surface area contributed by atoms with Crippen LogP contribution in [0.1, 0.15) is 0 Å². The highest BCUT2D eigenvalue weighted by atomic mass is 15.1. The first-order valence-corrected chi connectivity index (χ1v) is 21.4. The Morgan fingerprint density at radius 2 is 0.635 bits per heavy atom. The van der Waals surface area contributed by atoms with Crippen LogP contribution in [0.25, 0.3) is 117 Å². The molecule has 5 nitrogen and oxygen atoms in total. The standard InChI is InChI=1S/C58H37N5/c1-4-14-40(15-5-1)57-59-49-20-10-12-22-51(49)62(57)47-30-26-38(27-31-47)44-34-42-24-25-43-35-45(37-54-56(43)55(42)53(36-44)61(54)46-18-8-3-9-19-46)39-28-32-48(33-29-39)63-52-23-13-11-21-50(52)60-58(63)41-16-6-2-7-17-41/h1-37H. The third-order valence-electron chi connectivity index (χ3n) is 12.6. The van der Waals surface area contributed by atoms with Crippen LogP contribution in [0.15, 0.2) is 224 Å². The van der Waals surface area contributed by atoms with Gasteiger partial charge in [0.1, 0.15) is 11.6 Å². The molecule has 13 rings (SSSR count). The molecule has 63 heavy (non-hydrogen) atoms. The van der Waals surface area contributed by atoms with Crippen LogP contribution >= 0.6 is 0 Å². The minimum Gasteiger partial charge on any atom is -0.309 e. The van der Waals surface area contributed by atoms with Crippen molar-refractivity contribution in [2.75, 3.05) is 0 Å². The average molecular weight is 804 g/mol. The Labute approximate surface area is 363 Å². The second-order valence-corrected chi connectivity index (χ2v) is 16.3. The largest absolute Gasteiger partial charge is 0.309 e. The maximum Gasteiger partial charge on any atom is 0.145 e. The first-order chi connectivity index (χ1) is 31.2. The average Bonchev–Trinajstić information content (AvgIpc) is 4.05. The van der Waals surface area contributed by atoms with E-state index < -0.39 is 0 Å². The van der Waals surface area contributed by atoms with Gasteiger partial charge in [-0.05, 0) is 118 Å². The summed E-state index contributed by atoms with van der Waals surface area (Å²) in [7, 11) is 0. The van der Waals surface area contributed by atoms with E-state index >= 15 is 0 Å². The third-order valence-corrected chi connectivity index (χ3v) is 12.6. The first-order valence-electron chi connectivity index (χ1n) is 21.4. The van der Waals surface area contributed by atoms with Crippen molar-refractivity contribution in [3.63, 3.8) is 0 Å². The molecule has 0 radical (unpaired) electrons. The summed E-state index contributed by atoms with van der Waals surface area (Å²) in [5.41, 5.74) is 16.6. The molecule has 0 aliphatic rings. The molecule has 10 aromatic carbocycles. The van der Waals surface area contributed by atoms with Gasteiger partial charge in [0.2, 0.25) is 0 Å². The van der Waals surface area contributed by atoms with Crippen molar-refractivity contribution in [1.82, 2.24) is 23.7 Å². The fraction of sp³-hybridized carbons (Fsp3) is 0. The van der Waals surface area contributed by atoms with E-state index in [1.807, 2.05) is 12.1 Å². The molecule has 294 valence electrons. The van der Waals surface area contributed by atoms with Crippen LogP contribution < -0.4 is 0 Å². The highest BCUT2D eigenvalue weighted by Crippen LogP contribution is 2.43. The molecule has 0 aliphatic carbocycles. The summed E-state index contributed by atoms with van der Waals surface area (Å²) in [6.07, 6.45) is 0. The van der Waals surface area contributed by atoms with Gasteiger partial charge in [0.05, 0.1) is 33.1 Å². The van der Waals surface area contributed by atoms with Crippen molar-refractivity contribution in [2.45, 2.75) is 0 Å². The lowest BCUT2D eigenvalue weighted by Gasteiger charge is -2.12. The van der Waals surface area contributed by atoms with Gasteiger partial charge in [0.15, 0.2) is 0 Å². The molecule has 0 atom stereocenters. The molecule has 0 aliphatic heterocycles. The topological polar surface area (TPSA) is 40.6 Å². The Morgan fingerprint density at radius 3 is 1.08 bits per heavy atom. The predicted molar refractivity (Wildman–Crippen MR) is 260 cm³/mol. The molecule has 0 fully saturated rings. The van der Waals surface area contributed by atoms with Crippen LogP contribution in [-0.4, -0.2) is 23.7 Å². The highest BCUT2D eigenvalue weighted by molar-refractivity contribution is 6.25. The van der Waals surface area contributed by atoms with Gasteiger partial charge in [-0.15, -0.1) is 0 Å². The molecule has 5 heteroatoms. The summed E-state index contributed by atoms with van der Waals surface area (Å²) >= 11 is 0. The maximum absolute atomic E-state index is 5.07. The maximum atomic E-state index is 5.07. The van der Waals surface area contributed by atoms with Gasteiger partial charge in [-0.3, -0.25) is 9.13 Å². The number of hydrogen-bond acceptors (Lipinski definition) is 2. The number of hydrogen-bond donors (Lipinski definition) is 0. The van der Waals surface area contributed by atoms with Crippen molar-refractivity contribution >= 4 is 54.6 Å². The summed E-state index contributed by atoms with van der Waals surface area (Å²) in [4.78, 5) is 10.1. The van der Waals surface area contributed by atoms with E-state index in [1.165, 1.54) is 43.7 Å². The van der Waals surface area contributed by atoms with E-state index in [1.54, 1.807) is 0 Å². The molecule has 13 aromatic rings. The lowest BCUT2D eigenvalue weighted by atomic mass is 9.95. The highest BCUT2D eigenvalue weighted by Gasteiger charge is 2.21. The summed E-state index contributed by atoms with van der Waals surface area (Å²) in [6, 6.07) is 80.3. The van der Waals surface area contributed by atoms with Crippen LogP contribution in [-0.2, 0) is 0 Å². The van der Waals surface area contributed by atoms with Gasteiger partial charge < -0.3 is 4.57 Å². The van der Waals surface area contributed by atoms with E-state index in [0.29, 0.717) is 0 Å². The van der Waals surface area contributed by atoms with E-state index in [9.17, 15) is 0 Å². The molecule has 3 aromatic heterocycles. The third kappa shape index (κ3) is 5.64. The van der Waals surface area contributed by atoms with Gasteiger partial charge in [-0.25, -0.2) is 9.97 Å². The summed E-state index contributed by atoms with van der Waals surface area (Å²) < 4.78 is 6.99. The van der Waals surface area contributed by atoms with Gasteiger partial charge in [0.25, 0.3) is 0 Å². The molecule has 0 saturated heterocycles. The smallest absolute Gasteiger partial charge is 0.145 e. The van der Waals surface area contributed by atoms with Crippen LogP contribution in [0, 0.1) is 0 Å². The van der Waals surface area contributed by atoms with Crippen molar-refractivity contribution in [3.05, 3.63) is 224 Å². The Bertz CT molecular complexity index is 3570. The Kier molecular flexibility index (Phi) is 7.84. The number of para-hydroxylation sites is 5. The quantitative estimate of drug-likeness (QED) is 0.151.